The predicted octanol–water partition coefficient (Wildman–Crippen LogP) is 0.908. The molecule has 6 N–H and O–H groups in total. The number of hydrogen-bond donors (Lipinski definition) is 5. The van der Waals surface area contributed by atoms with E-state index in [1.807, 2.05) is 42.2 Å². The van der Waals surface area contributed by atoms with Crippen LogP contribution in [0.5, 0.6) is 0 Å². The lowest BCUT2D eigenvalue weighted by Crippen LogP contribution is -2.71. The van der Waals surface area contributed by atoms with Gasteiger partial charge in [0.1, 0.15) is 28.3 Å². The van der Waals surface area contributed by atoms with Crippen molar-refractivity contribution in [2.24, 2.45) is 5.16 Å². The number of thiazole rings is 1. The van der Waals surface area contributed by atoms with Crippen molar-refractivity contribution in [3.63, 3.8) is 0 Å². The van der Waals surface area contributed by atoms with Crippen LogP contribution in [0.2, 0.25) is 0 Å². The number of carboxylic acid groups (broad SMARTS) is 2. The quantitative estimate of drug-likeness (QED) is 0.0568. The SMILES string of the molecule is CNCCCn1ccc2c1ccc[n+]2CC1=C(C(=O)O)N2C(=O)C(NC(=O)/C(=N/OC(C)(C)C(=O)O)c3nc(N)sc3C)C2SC1. The summed E-state index contributed by atoms with van der Waals surface area (Å²) in [7, 11) is 1.91. The molecule has 46 heavy (non-hydrogen) atoms. The fourth-order valence-corrected chi connectivity index (χ4v) is 7.25. The van der Waals surface area contributed by atoms with E-state index < -0.39 is 40.8 Å². The Morgan fingerprint density at radius 2 is 2.04 bits per heavy atom. The first-order chi connectivity index (χ1) is 21.8. The summed E-state index contributed by atoms with van der Waals surface area (Å²) in [6.45, 7) is 6.16. The number of fused-ring (bicyclic) bond motifs is 2. The van der Waals surface area contributed by atoms with Gasteiger partial charge in [-0.1, -0.05) is 5.16 Å². The molecule has 1 fully saturated rings. The highest BCUT2D eigenvalue weighted by Gasteiger charge is 2.55. The molecule has 0 aromatic carbocycles. The Morgan fingerprint density at radius 1 is 1.28 bits per heavy atom. The van der Waals surface area contributed by atoms with Crippen LogP contribution in [0.4, 0.5) is 5.13 Å². The standard InChI is InChI=1S/C29H34N8O7S2/c1-15-19(33-28(30)46-15)20(34-44-29(2,3)27(42)43)23(38)32-21-24(39)37-22(26(40)41)16(14-45-25(21)37)13-36-10-5-7-17-18(36)8-12-35(17)11-6-9-31-4/h5,7-8,10,12,21,25,31H,6,9,11,13-14H2,1-4H3,(H4-,30,32,33,38,40,41,42,43)/p+1/b34-20+. The van der Waals surface area contributed by atoms with Crippen molar-refractivity contribution in [3.8, 4) is 0 Å². The summed E-state index contributed by atoms with van der Waals surface area (Å²) in [6, 6.07) is 4.86. The maximum atomic E-state index is 13.5. The molecule has 2 aliphatic heterocycles. The van der Waals surface area contributed by atoms with Gasteiger partial charge >= 0.3 is 11.9 Å². The highest BCUT2D eigenvalue weighted by Crippen LogP contribution is 2.40. The molecule has 0 radical (unpaired) electrons. The van der Waals surface area contributed by atoms with Crippen molar-refractivity contribution in [1.82, 2.24) is 25.1 Å². The van der Waals surface area contributed by atoms with Crippen LogP contribution in [0.1, 0.15) is 30.8 Å². The smallest absolute Gasteiger partial charge is 0.352 e. The number of carboxylic acids is 2. The minimum Gasteiger partial charge on any atom is -0.478 e. The molecule has 0 aliphatic carbocycles. The lowest BCUT2D eigenvalue weighted by Gasteiger charge is -2.49. The number of amides is 2. The monoisotopic (exact) mass is 671 g/mol. The maximum Gasteiger partial charge on any atom is 0.352 e. The number of carbonyl (C=O) groups excluding carboxylic acids is 2. The summed E-state index contributed by atoms with van der Waals surface area (Å²) in [4.78, 5) is 62.0. The van der Waals surface area contributed by atoms with Crippen molar-refractivity contribution in [1.29, 1.82) is 0 Å². The average molecular weight is 672 g/mol. The van der Waals surface area contributed by atoms with Gasteiger partial charge in [-0.25, -0.2) is 14.6 Å². The van der Waals surface area contributed by atoms with Crippen LogP contribution in [0.3, 0.4) is 0 Å². The Labute approximate surface area is 272 Å². The van der Waals surface area contributed by atoms with Crippen molar-refractivity contribution in [2.45, 2.75) is 57.3 Å². The van der Waals surface area contributed by atoms with Gasteiger partial charge in [0.15, 0.2) is 23.6 Å². The second-order valence-electron chi connectivity index (χ2n) is 11.3. The third kappa shape index (κ3) is 6.29. The van der Waals surface area contributed by atoms with E-state index >= 15 is 0 Å². The number of hydrogen-bond acceptors (Lipinski definition) is 11. The van der Waals surface area contributed by atoms with Gasteiger partial charge in [0.25, 0.3) is 11.8 Å². The lowest BCUT2D eigenvalue weighted by molar-refractivity contribution is -0.663. The van der Waals surface area contributed by atoms with E-state index in [-0.39, 0.29) is 28.8 Å². The number of aromatic nitrogens is 3. The second kappa shape index (κ2) is 13.1. The number of aliphatic carboxylic acids is 2. The summed E-state index contributed by atoms with van der Waals surface area (Å²) in [5, 5.41) is 28.7. The molecule has 2 unspecified atom stereocenters. The summed E-state index contributed by atoms with van der Waals surface area (Å²) in [5.41, 5.74) is 6.19. The zero-order chi connectivity index (χ0) is 33.3. The Morgan fingerprint density at radius 3 is 2.70 bits per heavy atom. The molecule has 244 valence electrons. The summed E-state index contributed by atoms with van der Waals surface area (Å²) >= 11 is 2.44. The number of nitrogens with zero attached hydrogens (tertiary/aromatic N) is 5. The fourth-order valence-electron chi connectivity index (χ4n) is 5.22. The molecule has 0 bridgehead atoms. The number of nitrogens with two attached hydrogens (primary N) is 1. The predicted molar refractivity (Wildman–Crippen MR) is 171 cm³/mol. The van der Waals surface area contributed by atoms with Gasteiger partial charge in [-0.2, -0.15) is 4.57 Å². The zero-order valence-corrected chi connectivity index (χ0v) is 27.3. The number of β-lactam (4-membered cyclic amide) rings is 1. The molecule has 3 aromatic rings. The minimum absolute atomic E-state index is 0.0802. The van der Waals surface area contributed by atoms with Crippen molar-refractivity contribution in [2.75, 3.05) is 25.1 Å². The van der Waals surface area contributed by atoms with E-state index in [4.69, 9.17) is 10.6 Å². The summed E-state index contributed by atoms with van der Waals surface area (Å²) in [6.07, 6.45) is 4.84. The molecular formula is C29H35N8O7S2+. The third-order valence-corrected chi connectivity index (χ3v) is 9.81. The van der Waals surface area contributed by atoms with Crippen LogP contribution < -0.4 is 20.9 Å². The van der Waals surface area contributed by atoms with Crippen LogP contribution >= 0.6 is 23.1 Å². The van der Waals surface area contributed by atoms with Crippen molar-refractivity contribution < 1.29 is 38.8 Å². The molecule has 17 heteroatoms. The van der Waals surface area contributed by atoms with E-state index in [1.165, 1.54) is 30.5 Å². The molecule has 3 aromatic heterocycles. The zero-order valence-electron chi connectivity index (χ0n) is 25.6. The molecule has 2 aliphatic rings. The van der Waals surface area contributed by atoms with Crippen LogP contribution in [0, 0.1) is 6.92 Å². The number of anilines is 1. The molecule has 15 nitrogen and oxygen atoms in total. The molecule has 1 saturated heterocycles. The number of nitrogens with one attached hydrogen (secondary N) is 2. The second-order valence-corrected chi connectivity index (χ2v) is 13.6. The Bertz CT molecular complexity index is 1780. The van der Waals surface area contributed by atoms with E-state index in [0.29, 0.717) is 16.2 Å². The van der Waals surface area contributed by atoms with Gasteiger partial charge in [-0.3, -0.25) is 14.5 Å². The van der Waals surface area contributed by atoms with Crippen molar-refractivity contribution in [3.05, 3.63) is 52.4 Å². The van der Waals surface area contributed by atoms with Gasteiger partial charge in [-0.15, -0.1) is 23.1 Å². The maximum absolute atomic E-state index is 13.5. The first-order valence-electron chi connectivity index (χ1n) is 14.4. The van der Waals surface area contributed by atoms with Crippen LogP contribution in [0.15, 0.2) is 47.0 Å². The Kier molecular flexibility index (Phi) is 9.37. The first kappa shape index (κ1) is 32.9. The molecule has 0 saturated carbocycles. The number of rotatable bonds is 13. The Hall–Kier alpha value is -4.48. The topological polar surface area (TPSA) is 205 Å². The average Bonchev–Trinajstić information content (AvgIpc) is 3.57. The van der Waals surface area contributed by atoms with Gasteiger partial charge in [-0.05, 0) is 46.9 Å². The number of nitrogen functional groups attached to an aromatic ring is 1. The molecule has 2 atom stereocenters. The van der Waals surface area contributed by atoms with Gasteiger partial charge in [0.2, 0.25) is 11.1 Å². The first-order valence-corrected chi connectivity index (χ1v) is 16.3. The van der Waals surface area contributed by atoms with Gasteiger partial charge < -0.3 is 36.0 Å². The van der Waals surface area contributed by atoms with Crippen LogP contribution in [-0.4, -0.2) is 90.5 Å². The van der Waals surface area contributed by atoms with E-state index in [0.717, 1.165) is 41.9 Å². The van der Waals surface area contributed by atoms with Gasteiger partial charge in [0, 0.05) is 41.1 Å². The molecule has 5 rings (SSSR count). The van der Waals surface area contributed by atoms with Crippen LogP contribution in [0.25, 0.3) is 11.0 Å². The normalized spacial score (nSPS) is 18.4. The molecule has 5 heterocycles. The molecule has 0 spiro atoms. The number of oxime groups is 1. The number of aryl methyl sites for hydroxylation is 2. The highest BCUT2D eigenvalue weighted by molar-refractivity contribution is 8.00. The number of carbonyl (C=O) groups is 4. The molecule has 2 amide bonds. The summed E-state index contributed by atoms with van der Waals surface area (Å²) in [5.74, 6) is -3.68. The number of thioether (sulfide) groups is 1. The highest BCUT2D eigenvalue weighted by atomic mass is 32.2. The third-order valence-electron chi connectivity index (χ3n) is 7.67. The van der Waals surface area contributed by atoms with Crippen LogP contribution in [-0.2, 0) is 37.1 Å². The van der Waals surface area contributed by atoms with E-state index in [2.05, 4.69) is 25.3 Å². The van der Waals surface area contributed by atoms with E-state index in [1.54, 1.807) is 6.92 Å². The van der Waals surface area contributed by atoms with Gasteiger partial charge in [0.05, 0.1) is 0 Å². The Balaban J connectivity index is 1.37. The van der Waals surface area contributed by atoms with Crippen molar-refractivity contribution >= 4 is 68.7 Å². The summed E-state index contributed by atoms with van der Waals surface area (Å²) < 4.78 is 4.12. The largest absolute Gasteiger partial charge is 0.478 e. The molecular weight excluding hydrogens is 637 g/mol. The lowest BCUT2D eigenvalue weighted by atomic mass is 10.0. The minimum atomic E-state index is -1.77. The van der Waals surface area contributed by atoms with E-state index in [9.17, 15) is 29.4 Å². The fraction of sp³-hybridized carbons (Fsp3) is 0.414. The number of pyridine rings is 1.